The Bertz CT molecular complexity index is 792. The van der Waals surface area contributed by atoms with Gasteiger partial charge in [0, 0.05) is 22.8 Å². The molecule has 5 nitrogen and oxygen atoms in total. The van der Waals surface area contributed by atoms with Gasteiger partial charge in [0.2, 0.25) is 5.78 Å². The summed E-state index contributed by atoms with van der Waals surface area (Å²) >= 11 is 0. The Labute approximate surface area is 114 Å². The van der Waals surface area contributed by atoms with Gasteiger partial charge in [-0.3, -0.25) is 19.7 Å². The van der Waals surface area contributed by atoms with Gasteiger partial charge in [0.25, 0.3) is 5.69 Å². The second-order valence-electron chi connectivity index (χ2n) is 4.66. The number of carbonyl (C=O) groups is 2. The van der Waals surface area contributed by atoms with Crippen LogP contribution >= 0.6 is 0 Å². The molecule has 0 radical (unpaired) electrons. The Morgan fingerprint density at radius 2 is 1.70 bits per heavy atom. The van der Waals surface area contributed by atoms with Gasteiger partial charge < -0.3 is 0 Å². The van der Waals surface area contributed by atoms with Crippen molar-refractivity contribution in [3.05, 3.63) is 74.3 Å². The summed E-state index contributed by atoms with van der Waals surface area (Å²) in [6.45, 7) is 1.82. The third-order valence-corrected chi connectivity index (χ3v) is 3.38. The fraction of sp³-hybridized carbons (Fsp3) is 0.0667. The maximum Gasteiger partial charge on any atom is 0.281 e. The van der Waals surface area contributed by atoms with Gasteiger partial charge in [0.1, 0.15) is 5.56 Å². The number of aryl methyl sites for hydroxylation is 1. The molecule has 0 bridgehead atoms. The molecule has 0 saturated heterocycles. The van der Waals surface area contributed by atoms with Gasteiger partial charge in [-0.05, 0) is 19.1 Å². The molecule has 3 rings (SSSR count). The van der Waals surface area contributed by atoms with E-state index in [1.807, 2.05) is 6.92 Å². The number of ketones is 2. The molecule has 1 aliphatic rings. The SMILES string of the molecule is Cc1ccc2c(c1)C(=O)c1cccc([N+](=O)[O-])c1C2=O. The van der Waals surface area contributed by atoms with Crippen molar-refractivity contribution in [2.24, 2.45) is 0 Å². The number of hydrogen-bond acceptors (Lipinski definition) is 4. The second kappa shape index (κ2) is 4.09. The van der Waals surface area contributed by atoms with Gasteiger partial charge in [-0.1, -0.05) is 23.8 Å². The van der Waals surface area contributed by atoms with Crippen LogP contribution in [-0.4, -0.2) is 16.5 Å². The minimum Gasteiger partial charge on any atom is -0.289 e. The zero-order valence-electron chi connectivity index (χ0n) is 10.5. The molecule has 0 spiro atoms. The molecular weight excluding hydrogens is 258 g/mol. The Kier molecular flexibility index (Phi) is 2.50. The number of fused-ring (bicyclic) bond motifs is 2. The molecule has 98 valence electrons. The molecule has 5 heteroatoms. The highest BCUT2D eigenvalue weighted by atomic mass is 16.6. The summed E-state index contributed by atoms with van der Waals surface area (Å²) in [5.41, 5.74) is 1.05. The molecule has 2 aromatic rings. The van der Waals surface area contributed by atoms with Crippen molar-refractivity contribution in [1.29, 1.82) is 0 Å². The molecule has 0 heterocycles. The van der Waals surface area contributed by atoms with Crippen molar-refractivity contribution in [3.63, 3.8) is 0 Å². The molecule has 0 unspecified atom stereocenters. The zero-order chi connectivity index (χ0) is 14.4. The van der Waals surface area contributed by atoms with Gasteiger partial charge >= 0.3 is 0 Å². The van der Waals surface area contributed by atoms with E-state index in [2.05, 4.69) is 0 Å². The second-order valence-corrected chi connectivity index (χ2v) is 4.66. The maximum atomic E-state index is 12.4. The lowest BCUT2D eigenvalue weighted by Crippen LogP contribution is -2.22. The van der Waals surface area contributed by atoms with Crippen LogP contribution in [0.5, 0.6) is 0 Å². The van der Waals surface area contributed by atoms with Crippen LogP contribution in [0.25, 0.3) is 0 Å². The highest BCUT2D eigenvalue weighted by Crippen LogP contribution is 2.33. The highest BCUT2D eigenvalue weighted by Gasteiger charge is 2.35. The highest BCUT2D eigenvalue weighted by molar-refractivity contribution is 6.29. The van der Waals surface area contributed by atoms with Crippen LogP contribution in [0, 0.1) is 17.0 Å². The Hall–Kier alpha value is -2.82. The molecule has 2 aromatic carbocycles. The van der Waals surface area contributed by atoms with Crippen LogP contribution in [0.4, 0.5) is 5.69 Å². The fourth-order valence-electron chi connectivity index (χ4n) is 2.44. The topological polar surface area (TPSA) is 77.3 Å². The first-order valence-electron chi connectivity index (χ1n) is 5.98. The van der Waals surface area contributed by atoms with Crippen LogP contribution in [-0.2, 0) is 0 Å². The van der Waals surface area contributed by atoms with E-state index in [9.17, 15) is 19.7 Å². The number of benzene rings is 2. The minimum absolute atomic E-state index is 0.0994. The normalized spacial score (nSPS) is 12.8. The molecule has 0 atom stereocenters. The largest absolute Gasteiger partial charge is 0.289 e. The molecule has 0 saturated carbocycles. The molecule has 0 aliphatic heterocycles. The molecule has 20 heavy (non-hydrogen) atoms. The molecule has 1 aliphatic carbocycles. The molecule has 0 aromatic heterocycles. The standard InChI is InChI=1S/C15H9NO4/c1-8-5-6-9-11(7-8)14(17)10-3-2-4-12(16(19)20)13(10)15(9)18/h2-7H,1H3. The predicted octanol–water partition coefficient (Wildman–Crippen LogP) is 2.68. The van der Waals surface area contributed by atoms with E-state index in [0.29, 0.717) is 5.56 Å². The monoisotopic (exact) mass is 267 g/mol. The summed E-state index contributed by atoms with van der Waals surface area (Å²) in [5, 5.41) is 11.0. The van der Waals surface area contributed by atoms with Crippen molar-refractivity contribution in [3.8, 4) is 0 Å². The van der Waals surface area contributed by atoms with Crippen molar-refractivity contribution in [2.45, 2.75) is 6.92 Å². The third kappa shape index (κ3) is 1.56. The quantitative estimate of drug-likeness (QED) is 0.501. The summed E-state index contributed by atoms with van der Waals surface area (Å²) < 4.78 is 0. The molecule has 0 N–H and O–H groups in total. The lowest BCUT2D eigenvalue weighted by atomic mass is 9.82. The van der Waals surface area contributed by atoms with Crippen LogP contribution in [0.2, 0.25) is 0 Å². The number of rotatable bonds is 1. The number of carbonyl (C=O) groups excluding carboxylic acids is 2. The summed E-state index contributed by atoms with van der Waals surface area (Å²) in [6.07, 6.45) is 0. The summed E-state index contributed by atoms with van der Waals surface area (Å²) in [4.78, 5) is 35.2. The molecular formula is C15H9NO4. The Morgan fingerprint density at radius 3 is 2.40 bits per heavy atom. The van der Waals surface area contributed by atoms with Crippen molar-refractivity contribution in [1.82, 2.24) is 0 Å². The third-order valence-electron chi connectivity index (χ3n) is 3.38. The van der Waals surface area contributed by atoms with Gasteiger partial charge in [-0.15, -0.1) is 0 Å². The number of nitro groups is 1. The first kappa shape index (κ1) is 12.2. The van der Waals surface area contributed by atoms with Crippen LogP contribution in [0.15, 0.2) is 36.4 Å². The minimum atomic E-state index is -0.636. The van der Waals surface area contributed by atoms with Crippen LogP contribution in [0.3, 0.4) is 0 Å². The van der Waals surface area contributed by atoms with Gasteiger partial charge in [0.05, 0.1) is 4.92 Å². The first-order valence-corrected chi connectivity index (χ1v) is 5.98. The fourth-order valence-corrected chi connectivity index (χ4v) is 2.44. The lowest BCUT2D eigenvalue weighted by Gasteiger charge is -2.17. The molecule has 0 amide bonds. The Morgan fingerprint density at radius 1 is 0.950 bits per heavy atom. The van der Waals surface area contributed by atoms with E-state index in [1.165, 1.54) is 18.2 Å². The van der Waals surface area contributed by atoms with Crippen molar-refractivity contribution >= 4 is 17.3 Å². The predicted molar refractivity (Wildman–Crippen MR) is 71.1 cm³/mol. The van der Waals surface area contributed by atoms with Crippen molar-refractivity contribution in [2.75, 3.05) is 0 Å². The number of hydrogen-bond donors (Lipinski definition) is 0. The van der Waals surface area contributed by atoms with Gasteiger partial charge in [0.15, 0.2) is 5.78 Å². The maximum absolute atomic E-state index is 12.4. The smallest absolute Gasteiger partial charge is 0.281 e. The number of nitro benzene ring substituents is 1. The van der Waals surface area contributed by atoms with Crippen LogP contribution < -0.4 is 0 Å². The van der Waals surface area contributed by atoms with E-state index in [4.69, 9.17) is 0 Å². The van der Waals surface area contributed by atoms with Gasteiger partial charge in [-0.2, -0.15) is 0 Å². The van der Waals surface area contributed by atoms with E-state index >= 15 is 0 Å². The summed E-state index contributed by atoms with van der Waals surface area (Å²) in [5.74, 6) is -0.816. The van der Waals surface area contributed by atoms with E-state index in [1.54, 1.807) is 18.2 Å². The molecule has 0 fully saturated rings. The van der Waals surface area contributed by atoms with E-state index < -0.39 is 10.7 Å². The summed E-state index contributed by atoms with van der Waals surface area (Å²) in [7, 11) is 0. The van der Waals surface area contributed by atoms with E-state index in [0.717, 1.165) is 5.56 Å². The van der Waals surface area contributed by atoms with Crippen molar-refractivity contribution < 1.29 is 14.5 Å². The lowest BCUT2D eigenvalue weighted by molar-refractivity contribution is -0.385. The van der Waals surface area contributed by atoms with Crippen LogP contribution in [0.1, 0.15) is 37.4 Å². The average molecular weight is 267 g/mol. The first-order chi connectivity index (χ1) is 9.50. The van der Waals surface area contributed by atoms with E-state index in [-0.39, 0.29) is 28.2 Å². The summed E-state index contributed by atoms with van der Waals surface area (Å²) in [6, 6.07) is 9.01. The Balaban J connectivity index is 2.35. The average Bonchev–Trinajstić information content (AvgIpc) is 2.43. The van der Waals surface area contributed by atoms with Gasteiger partial charge in [-0.25, -0.2) is 0 Å². The zero-order valence-corrected chi connectivity index (χ0v) is 10.5. The number of nitrogens with zero attached hydrogens (tertiary/aromatic N) is 1.